The Balaban J connectivity index is 0.00000127. The molecule has 0 aromatic heterocycles. The van der Waals surface area contributed by atoms with E-state index in [0.29, 0.717) is 12.7 Å². The van der Waals surface area contributed by atoms with Crippen LogP contribution in [0.2, 0.25) is 26.2 Å². The second kappa shape index (κ2) is 15.9. The molecule has 0 spiro atoms. The van der Waals surface area contributed by atoms with Crippen molar-refractivity contribution in [1.82, 2.24) is 4.65 Å². The number of nitrogens with one attached hydrogen (secondary N) is 1. The first-order valence-electron chi connectivity index (χ1n) is 12.6. The fourth-order valence-electron chi connectivity index (χ4n) is 4.88. The van der Waals surface area contributed by atoms with Crippen LogP contribution in [-0.2, 0) is 12.7 Å². The molecular formula is C30H37Cl2NNiP2Si2+2. The van der Waals surface area contributed by atoms with Gasteiger partial charge in [0, 0.05) is 0 Å². The summed E-state index contributed by atoms with van der Waals surface area (Å²) < 4.78 is 4.38. The predicted molar refractivity (Wildman–Crippen MR) is 178 cm³/mol. The summed E-state index contributed by atoms with van der Waals surface area (Å²) in [5, 5.41) is 5.97. The first kappa shape index (κ1) is 31.7. The minimum absolute atomic E-state index is 0.373. The molecule has 1 N–H and O–H groups in total. The van der Waals surface area contributed by atoms with Gasteiger partial charge in [-0.25, -0.2) is 0 Å². The van der Waals surface area contributed by atoms with E-state index in [-0.39, 0.29) is 15.8 Å². The molecule has 4 aromatic rings. The van der Waals surface area contributed by atoms with Gasteiger partial charge in [-0.15, -0.1) is 0 Å². The molecule has 38 heavy (non-hydrogen) atoms. The average molecular weight is 659 g/mol. The van der Waals surface area contributed by atoms with Crippen molar-refractivity contribution in [2.75, 3.05) is 11.6 Å². The summed E-state index contributed by atoms with van der Waals surface area (Å²) >= 11 is 0.569. The summed E-state index contributed by atoms with van der Waals surface area (Å²) in [4.78, 5) is 0. The zero-order chi connectivity index (χ0) is 27.4. The molecule has 202 valence electrons. The van der Waals surface area contributed by atoms with Crippen LogP contribution in [0.1, 0.15) is 0 Å². The summed E-state index contributed by atoms with van der Waals surface area (Å²) in [5.41, 5.74) is 0. The molecule has 0 atom stereocenters. The molecule has 0 aliphatic carbocycles. The standard InChI is InChI=1S/C30H37NP2Si2.2ClH.Ni/c1-34(2,25-32(27-17-9-5-10-18-27)28-19-11-6-12-20-28)31-35(3,4)26-33(29-21-13-7-14-22-29)30-23-15-8-16-24-30;;;/h5-24,31H,25-26H2,1-4H3;2*1H;/q;;;+4/p-2. The van der Waals surface area contributed by atoms with Gasteiger partial charge in [0.2, 0.25) is 0 Å². The Morgan fingerprint density at radius 2 is 0.711 bits per heavy atom. The summed E-state index contributed by atoms with van der Waals surface area (Å²) in [6.07, 6.45) is 0. The van der Waals surface area contributed by atoms with E-state index in [9.17, 15) is 0 Å². The molecule has 0 saturated heterocycles. The second-order valence-corrected chi connectivity index (χ2v) is 26.9. The van der Waals surface area contributed by atoms with Crippen LogP contribution in [0.3, 0.4) is 0 Å². The maximum absolute atomic E-state index is 4.70. The fraction of sp³-hybridized carbons (Fsp3) is 0.200. The van der Waals surface area contributed by atoms with Gasteiger partial charge in [0.15, 0.2) is 0 Å². The van der Waals surface area contributed by atoms with Crippen molar-refractivity contribution < 1.29 is 12.7 Å². The molecule has 0 unspecified atom stereocenters. The number of benzene rings is 4. The Kier molecular flexibility index (Phi) is 13.2. The van der Waals surface area contributed by atoms with Gasteiger partial charge < -0.3 is 4.65 Å². The van der Waals surface area contributed by atoms with Crippen molar-refractivity contribution in [2.45, 2.75) is 26.2 Å². The molecule has 0 heterocycles. The summed E-state index contributed by atoms with van der Waals surface area (Å²) in [7, 11) is 5.29. The predicted octanol–water partition coefficient (Wildman–Crippen LogP) is 7.71. The molecule has 4 aromatic carbocycles. The van der Waals surface area contributed by atoms with E-state index in [0.717, 1.165) is 0 Å². The Morgan fingerprint density at radius 1 is 0.500 bits per heavy atom. The Bertz CT molecular complexity index is 1030. The SMILES string of the molecule is C[Si](C)(CP(c1ccccc1)c1ccccc1)N[Si](C)(C)CP(c1ccccc1)c1ccccc1.[Cl][Ni+2][Cl]. The molecule has 0 bridgehead atoms. The molecule has 0 aliphatic rings. The molecule has 8 heteroatoms. The van der Waals surface area contributed by atoms with Crippen LogP contribution in [0.4, 0.5) is 0 Å². The van der Waals surface area contributed by atoms with E-state index >= 15 is 0 Å². The van der Waals surface area contributed by atoms with Crippen molar-refractivity contribution >= 4 is 73.9 Å². The Hall–Kier alpha value is -0.793. The molecular weight excluding hydrogens is 622 g/mol. The van der Waals surface area contributed by atoms with Crippen LogP contribution in [-0.4, -0.2) is 28.0 Å². The van der Waals surface area contributed by atoms with Crippen LogP contribution in [0.5, 0.6) is 0 Å². The van der Waals surface area contributed by atoms with Crippen LogP contribution in [0, 0.1) is 0 Å². The molecule has 1 nitrogen and oxygen atoms in total. The van der Waals surface area contributed by atoms with Gasteiger partial charge in [-0.1, -0.05) is 148 Å². The molecule has 0 aliphatic heterocycles. The van der Waals surface area contributed by atoms with E-state index in [1.165, 1.54) is 32.8 Å². The first-order valence-corrected chi connectivity index (χ1v) is 24.8. The van der Waals surface area contributed by atoms with Crippen molar-refractivity contribution in [2.24, 2.45) is 0 Å². The number of hydrogen-bond donors (Lipinski definition) is 1. The maximum atomic E-state index is 4.70. The zero-order valence-corrected chi connectivity index (χ0v) is 28.7. The third-order valence-electron chi connectivity index (χ3n) is 6.06. The topological polar surface area (TPSA) is 12.0 Å². The number of rotatable bonds is 10. The van der Waals surface area contributed by atoms with Gasteiger partial charge in [0.25, 0.3) is 0 Å². The minimum atomic E-state index is -1.69. The third kappa shape index (κ3) is 10.3. The fourth-order valence-corrected chi connectivity index (χ4v) is 26.2. The van der Waals surface area contributed by atoms with Gasteiger partial charge in [0.1, 0.15) is 16.5 Å². The van der Waals surface area contributed by atoms with Gasteiger partial charge in [0.05, 0.1) is 0 Å². The monoisotopic (exact) mass is 657 g/mol. The van der Waals surface area contributed by atoms with E-state index in [1.54, 1.807) is 0 Å². The van der Waals surface area contributed by atoms with E-state index in [2.05, 4.69) is 152 Å². The second-order valence-electron chi connectivity index (χ2n) is 10.5. The van der Waals surface area contributed by atoms with E-state index < -0.39 is 16.5 Å². The Labute approximate surface area is 248 Å². The summed E-state index contributed by atoms with van der Waals surface area (Å²) in [6.45, 7) is 10.2. The van der Waals surface area contributed by atoms with Crippen molar-refractivity contribution in [3.63, 3.8) is 0 Å². The van der Waals surface area contributed by atoms with Crippen molar-refractivity contribution in [1.29, 1.82) is 0 Å². The van der Waals surface area contributed by atoms with Gasteiger partial charge in [-0.05, 0) is 48.6 Å². The van der Waals surface area contributed by atoms with Crippen LogP contribution in [0.15, 0.2) is 121 Å². The van der Waals surface area contributed by atoms with E-state index in [1.807, 2.05) is 0 Å². The molecule has 0 fully saturated rings. The van der Waals surface area contributed by atoms with Crippen LogP contribution in [0.25, 0.3) is 0 Å². The molecule has 4 rings (SSSR count). The van der Waals surface area contributed by atoms with Gasteiger partial charge in [-0.3, -0.25) is 0 Å². The molecule has 0 saturated carbocycles. The zero-order valence-electron chi connectivity index (χ0n) is 22.4. The van der Waals surface area contributed by atoms with E-state index in [4.69, 9.17) is 20.4 Å². The first-order chi connectivity index (χ1) is 18.2. The van der Waals surface area contributed by atoms with Gasteiger partial charge in [-0.2, -0.15) is 0 Å². The summed E-state index contributed by atoms with van der Waals surface area (Å²) in [5.74, 6) is 2.53. The molecule has 0 radical (unpaired) electrons. The average Bonchev–Trinajstić information content (AvgIpc) is 2.92. The number of halogens is 2. The quantitative estimate of drug-likeness (QED) is 0.136. The summed E-state index contributed by atoms with van der Waals surface area (Å²) in [6, 6.07) is 44.7. The van der Waals surface area contributed by atoms with Crippen molar-refractivity contribution in [3.8, 4) is 0 Å². The van der Waals surface area contributed by atoms with Crippen molar-refractivity contribution in [3.05, 3.63) is 121 Å². The normalized spacial score (nSPS) is 11.9. The van der Waals surface area contributed by atoms with Crippen LogP contribution >= 0.6 is 36.2 Å². The number of hydrogen-bond acceptors (Lipinski definition) is 1. The van der Waals surface area contributed by atoms with Crippen LogP contribution < -0.4 is 25.9 Å². The third-order valence-corrected chi connectivity index (χ3v) is 24.0. The Morgan fingerprint density at radius 3 is 0.921 bits per heavy atom. The molecule has 0 amide bonds. The van der Waals surface area contributed by atoms with Gasteiger partial charge >= 0.3 is 33.0 Å².